The molecule has 3 rings (SSSR count). The second-order valence-corrected chi connectivity index (χ2v) is 7.64. The molecule has 2 atom stereocenters. The Bertz CT molecular complexity index is 426. The fraction of sp³-hybridized carbons (Fsp3) is 1.00. The molecule has 0 aromatic heterocycles. The van der Waals surface area contributed by atoms with Crippen LogP contribution < -0.4 is 4.72 Å². The van der Waals surface area contributed by atoms with Crippen molar-refractivity contribution < 1.29 is 22.6 Å². The normalized spacial score (nSPS) is 33.8. The van der Waals surface area contributed by atoms with Gasteiger partial charge in [-0.05, 0) is 25.7 Å². The molecule has 2 heterocycles. The third kappa shape index (κ3) is 3.17. The summed E-state index contributed by atoms with van der Waals surface area (Å²) in [6.45, 7) is 1.76. The summed E-state index contributed by atoms with van der Waals surface area (Å²) in [7, 11) is -3.36. The van der Waals surface area contributed by atoms with E-state index in [0.29, 0.717) is 19.8 Å². The molecule has 1 N–H and O–H groups in total. The lowest BCUT2D eigenvalue weighted by atomic mass is 9.90. The van der Waals surface area contributed by atoms with Crippen LogP contribution in [0.4, 0.5) is 0 Å². The van der Waals surface area contributed by atoms with Gasteiger partial charge in [0.25, 0.3) is 0 Å². The maximum atomic E-state index is 12.3. The van der Waals surface area contributed by atoms with E-state index in [1.807, 2.05) is 0 Å². The minimum Gasteiger partial charge on any atom is -0.377 e. The molecular weight excluding hydrogens is 282 g/mol. The van der Waals surface area contributed by atoms with Gasteiger partial charge in [0.15, 0.2) is 5.79 Å². The highest BCUT2D eigenvalue weighted by Crippen LogP contribution is 2.36. The molecule has 116 valence electrons. The van der Waals surface area contributed by atoms with Crippen LogP contribution in [0.5, 0.6) is 0 Å². The van der Waals surface area contributed by atoms with E-state index in [1.165, 1.54) is 0 Å². The Labute approximate surface area is 120 Å². The molecule has 0 aromatic carbocycles. The molecule has 7 heteroatoms. The van der Waals surface area contributed by atoms with E-state index in [0.717, 1.165) is 38.5 Å². The Hall–Kier alpha value is -0.210. The van der Waals surface area contributed by atoms with Gasteiger partial charge in [0.05, 0.1) is 31.1 Å². The number of hydrogen-bond acceptors (Lipinski definition) is 5. The lowest BCUT2D eigenvalue weighted by Gasteiger charge is -2.39. The molecular formula is C13H23NO5S. The monoisotopic (exact) mass is 305 g/mol. The molecule has 6 nitrogen and oxygen atoms in total. The molecule has 20 heavy (non-hydrogen) atoms. The highest BCUT2D eigenvalue weighted by atomic mass is 32.2. The van der Waals surface area contributed by atoms with E-state index >= 15 is 0 Å². The van der Waals surface area contributed by atoms with Gasteiger partial charge in [0, 0.05) is 13.0 Å². The van der Waals surface area contributed by atoms with Crippen molar-refractivity contribution in [1.82, 2.24) is 4.72 Å². The van der Waals surface area contributed by atoms with Crippen LogP contribution in [0.2, 0.25) is 0 Å². The number of hydrogen-bond donors (Lipinski definition) is 1. The summed E-state index contributed by atoms with van der Waals surface area (Å²) in [5, 5.41) is 0. The standard InChI is InChI=1S/C13H23NO5S/c15-20(16,10-11-4-3-7-17-11)14-12-5-1-2-6-13(12)18-8-9-19-13/h11-12,14H,1-10H2/t11-,12-/m0/s1. The Morgan fingerprint density at radius 1 is 1.05 bits per heavy atom. The van der Waals surface area contributed by atoms with Crippen LogP contribution in [0.25, 0.3) is 0 Å². The Balaban J connectivity index is 1.65. The van der Waals surface area contributed by atoms with Crippen molar-refractivity contribution in [2.45, 2.75) is 56.5 Å². The highest BCUT2D eigenvalue weighted by molar-refractivity contribution is 7.89. The predicted octanol–water partition coefficient (Wildman–Crippen LogP) is 0.770. The summed E-state index contributed by atoms with van der Waals surface area (Å²) < 4.78 is 44.3. The fourth-order valence-corrected chi connectivity index (χ4v) is 4.94. The van der Waals surface area contributed by atoms with Crippen LogP contribution in [-0.2, 0) is 24.2 Å². The van der Waals surface area contributed by atoms with Gasteiger partial charge in [-0.1, -0.05) is 6.42 Å². The number of nitrogens with one attached hydrogen (secondary N) is 1. The molecule has 0 unspecified atom stereocenters. The molecule has 1 aliphatic carbocycles. The minimum atomic E-state index is -3.36. The summed E-state index contributed by atoms with van der Waals surface area (Å²) in [6.07, 6.45) is 5.15. The summed E-state index contributed by atoms with van der Waals surface area (Å²) in [6, 6.07) is -0.273. The van der Waals surface area contributed by atoms with Crippen molar-refractivity contribution in [2.24, 2.45) is 0 Å². The fourth-order valence-electron chi connectivity index (χ4n) is 3.36. The lowest BCUT2D eigenvalue weighted by Crippen LogP contribution is -2.56. The number of rotatable bonds is 4. The summed E-state index contributed by atoms with van der Waals surface area (Å²) >= 11 is 0. The lowest BCUT2D eigenvalue weighted by molar-refractivity contribution is -0.191. The summed E-state index contributed by atoms with van der Waals surface area (Å²) in [5.74, 6) is -0.693. The van der Waals surface area contributed by atoms with E-state index in [9.17, 15) is 8.42 Å². The maximum absolute atomic E-state index is 12.3. The van der Waals surface area contributed by atoms with E-state index in [4.69, 9.17) is 14.2 Å². The molecule has 0 radical (unpaired) electrons. The molecule has 1 spiro atoms. The van der Waals surface area contributed by atoms with Gasteiger partial charge >= 0.3 is 0 Å². The smallest absolute Gasteiger partial charge is 0.214 e. The van der Waals surface area contributed by atoms with Crippen molar-refractivity contribution in [2.75, 3.05) is 25.6 Å². The predicted molar refractivity (Wildman–Crippen MR) is 72.8 cm³/mol. The van der Waals surface area contributed by atoms with Gasteiger partial charge in [-0.2, -0.15) is 0 Å². The molecule has 3 aliphatic rings. The number of sulfonamides is 1. The average Bonchev–Trinajstić information content (AvgIpc) is 3.04. The van der Waals surface area contributed by atoms with Gasteiger partial charge in [-0.3, -0.25) is 0 Å². The van der Waals surface area contributed by atoms with Crippen LogP contribution in [0.1, 0.15) is 38.5 Å². The quantitative estimate of drug-likeness (QED) is 0.830. The molecule has 0 amide bonds. The van der Waals surface area contributed by atoms with Gasteiger partial charge < -0.3 is 14.2 Å². The average molecular weight is 305 g/mol. The highest BCUT2D eigenvalue weighted by Gasteiger charge is 2.47. The Kier molecular flexibility index (Phi) is 4.33. The van der Waals surface area contributed by atoms with Crippen LogP contribution in [0, 0.1) is 0 Å². The van der Waals surface area contributed by atoms with E-state index in [1.54, 1.807) is 0 Å². The zero-order valence-corrected chi connectivity index (χ0v) is 12.5. The first kappa shape index (κ1) is 14.7. The van der Waals surface area contributed by atoms with Crippen molar-refractivity contribution in [3.05, 3.63) is 0 Å². The zero-order valence-electron chi connectivity index (χ0n) is 11.7. The van der Waals surface area contributed by atoms with E-state index in [-0.39, 0.29) is 17.9 Å². The van der Waals surface area contributed by atoms with E-state index in [2.05, 4.69) is 4.72 Å². The molecule has 2 aliphatic heterocycles. The van der Waals surface area contributed by atoms with Crippen molar-refractivity contribution >= 4 is 10.0 Å². The van der Waals surface area contributed by atoms with Gasteiger partial charge in [-0.15, -0.1) is 0 Å². The van der Waals surface area contributed by atoms with E-state index < -0.39 is 15.8 Å². The van der Waals surface area contributed by atoms with Crippen molar-refractivity contribution in [3.8, 4) is 0 Å². The van der Waals surface area contributed by atoms with Gasteiger partial charge in [0.1, 0.15) is 0 Å². The largest absolute Gasteiger partial charge is 0.377 e. The van der Waals surface area contributed by atoms with Crippen LogP contribution in [0.15, 0.2) is 0 Å². The molecule has 1 saturated carbocycles. The topological polar surface area (TPSA) is 73.9 Å². The minimum absolute atomic E-state index is 0.0413. The first-order valence-corrected chi connectivity index (χ1v) is 9.14. The second kappa shape index (κ2) is 5.88. The van der Waals surface area contributed by atoms with Crippen molar-refractivity contribution in [3.63, 3.8) is 0 Å². The third-order valence-corrected chi connectivity index (χ3v) is 5.78. The number of ether oxygens (including phenoxy) is 3. The molecule has 0 bridgehead atoms. The Morgan fingerprint density at radius 2 is 1.85 bits per heavy atom. The van der Waals surface area contributed by atoms with Crippen LogP contribution in [0.3, 0.4) is 0 Å². The molecule has 0 aromatic rings. The summed E-state index contributed by atoms with van der Waals surface area (Å²) in [4.78, 5) is 0. The first-order valence-electron chi connectivity index (χ1n) is 7.49. The van der Waals surface area contributed by atoms with Crippen LogP contribution in [-0.4, -0.2) is 51.9 Å². The van der Waals surface area contributed by atoms with Gasteiger partial charge in [-0.25, -0.2) is 13.1 Å². The maximum Gasteiger partial charge on any atom is 0.214 e. The molecule has 2 saturated heterocycles. The molecule has 3 fully saturated rings. The SMILES string of the molecule is O=S(=O)(C[C@@H]1CCCO1)N[C@H]1CCCCC12OCCO2. The zero-order chi connectivity index (χ0) is 14.1. The third-order valence-electron chi connectivity index (χ3n) is 4.33. The second-order valence-electron chi connectivity index (χ2n) is 5.84. The van der Waals surface area contributed by atoms with Crippen molar-refractivity contribution in [1.29, 1.82) is 0 Å². The first-order chi connectivity index (χ1) is 9.60. The summed E-state index contributed by atoms with van der Waals surface area (Å²) in [5.41, 5.74) is 0. The van der Waals surface area contributed by atoms with Crippen LogP contribution >= 0.6 is 0 Å². The van der Waals surface area contributed by atoms with Gasteiger partial charge in [0.2, 0.25) is 10.0 Å². The Morgan fingerprint density at radius 3 is 2.55 bits per heavy atom.